The lowest BCUT2D eigenvalue weighted by Gasteiger charge is -2.11. The first kappa shape index (κ1) is 22.0. The Morgan fingerprint density at radius 3 is 2.59 bits per heavy atom. The van der Waals surface area contributed by atoms with Crippen LogP contribution in [0.15, 0.2) is 66.7 Å². The number of benzene rings is 3. The van der Waals surface area contributed by atoms with Gasteiger partial charge in [-0.25, -0.2) is 0 Å². The van der Waals surface area contributed by atoms with Crippen LogP contribution in [0.5, 0.6) is 11.5 Å². The number of amides is 1. The highest BCUT2D eigenvalue weighted by Crippen LogP contribution is 2.30. The zero-order valence-corrected chi connectivity index (χ0v) is 17.1. The molecule has 3 aromatic rings. The Morgan fingerprint density at radius 2 is 1.91 bits per heavy atom. The number of carbonyl (C=O) groups excluding carboxylic acids is 1. The van der Waals surface area contributed by atoms with Crippen LogP contribution >= 0.6 is 0 Å². The summed E-state index contributed by atoms with van der Waals surface area (Å²) in [4.78, 5) is 23.0. The molecule has 0 fully saturated rings. The molecule has 8 heteroatoms. The van der Waals surface area contributed by atoms with Crippen molar-refractivity contribution in [2.75, 3.05) is 5.32 Å². The zero-order valence-electron chi connectivity index (χ0n) is 17.1. The van der Waals surface area contributed by atoms with E-state index in [0.29, 0.717) is 23.4 Å². The SMILES string of the molecule is CCC(C#N)c1cccc(C(=O)Nc2cccc(Oc3ccc([N+](=O)[O-])cc3C#N)c2)c1. The number of carbonyl (C=O) groups is 1. The Morgan fingerprint density at radius 1 is 1.12 bits per heavy atom. The van der Waals surface area contributed by atoms with Crippen molar-refractivity contribution in [1.82, 2.24) is 0 Å². The van der Waals surface area contributed by atoms with E-state index in [1.807, 2.05) is 19.1 Å². The highest BCUT2D eigenvalue weighted by Gasteiger charge is 2.14. The van der Waals surface area contributed by atoms with Crippen molar-refractivity contribution in [1.29, 1.82) is 10.5 Å². The molecule has 1 unspecified atom stereocenters. The van der Waals surface area contributed by atoms with Gasteiger partial charge in [0.1, 0.15) is 23.1 Å². The fraction of sp³-hybridized carbons (Fsp3) is 0.125. The minimum Gasteiger partial charge on any atom is -0.456 e. The van der Waals surface area contributed by atoms with Crippen molar-refractivity contribution in [3.05, 3.63) is 93.5 Å². The van der Waals surface area contributed by atoms with Crippen LogP contribution in [0.1, 0.15) is 40.7 Å². The molecular formula is C24H18N4O4. The van der Waals surface area contributed by atoms with Crippen molar-refractivity contribution < 1.29 is 14.5 Å². The van der Waals surface area contributed by atoms with Gasteiger partial charge in [0, 0.05) is 29.4 Å². The summed E-state index contributed by atoms with van der Waals surface area (Å²) in [7, 11) is 0. The van der Waals surface area contributed by atoms with Crippen molar-refractivity contribution in [3.8, 4) is 23.6 Å². The van der Waals surface area contributed by atoms with Gasteiger partial charge in [0.2, 0.25) is 0 Å². The van der Waals surface area contributed by atoms with Crippen LogP contribution in [0.2, 0.25) is 0 Å². The molecule has 0 aliphatic carbocycles. The maximum atomic E-state index is 12.7. The minimum atomic E-state index is -0.588. The van der Waals surface area contributed by atoms with Gasteiger partial charge in [0.15, 0.2) is 0 Å². The molecule has 0 aliphatic heterocycles. The Hall–Kier alpha value is -4.69. The number of nitro groups is 1. The summed E-state index contributed by atoms with van der Waals surface area (Å²) in [5.74, 6) is -0.117. The average molecular weight is 426 g/mol. The lowest BCUT2D eigenvalue weighted by atomic mass is 9.96. The van der Waals surface area contributed by atoms with E-state index in [2.05, 4.69) is 11.4 Å². The van der Waals surface area contributed by atoms with Crippen LogP contribution in [0.3, 0.4) is 0 Å². The molecule has 0 aliphatic rings. The second kappa shape index (κ2) is 9.88. The first-order chi connectivity index (χ1) is 15.4. The monoisotopic (exact) mass is 426 g/mol. The molecule has 32 heavy (non-hydrogen) atoms. The van der Waals surface area contributed by atoms with E-state index in [1.54, 1.807) is 42.5 Å². The second-order valence-electron chi connectivity index (χ2n) is 6.85. The van der Waals surface area contributed by atoms with Gasteiger partial charge in [-0.1, -0.05) is 25.1 Å². The van der Waals surface area contributed by atoms with E-state index in [9.17, 15) is 25.4 Å². The Bertz CT molecular complexity index is 1260. The smallest absolute Gasteiger partial charge is 0.271 e. The van der Waals surface area contributed by atoms with E-state index in [4.69, 9.17) is 4.74 Å². The molecule has 0 radical (unpaired) electrons. The summed E-state index contributed by atoms with van der Waals surface area (Å²) in [6, 6.07) is 21.3. The van der Waals surface area contributed by atoms with E-state index in [-0.39, 0.29) is 28.8 Å². The maximum Gasteiger partial charge on any atom is 0.271 e. The first-order valence-electron chi connectivity index (χ1n) is 9.72. The number of nitrogens with one attached hydrogen (secondary N) is 1. The summed E-state index contributed by atoms with van der Waals surface area (Å²) < 4.78 is 5.71. The van der Waals surface area contributed by atoms with Crippen molar-refractivity contribution in [2.45, 2.75) is 19.3 Å². The molecular weight excluding hydrogens is 408 g/mol. The summed E-state index contributed by atoms with van der Waals surface area (Å²) in [6.07, 6.45) is 0.647. The van der Waals surface area contributed by atoms with E-state index >= 15 is 0 Å². The van der Waals surface area contributed by atoms with Gasteiger partial charge in [-0.15, -0.1) is 0 Å². The van der Waals surface area contributed by atoms with Crippen LogP contribution < -0.4 is 10.1 Å². The maximum absolute atomic E-state index is 12.7. The molecule has 1 N–H and O–H groups in total. The molecule has 1 atom stereocenters. The predicted molar refractivity (Wildman–Crippen MR) is 117 cm³/mol. The van der Waals surface area contributed by atoms with Crippen LogP contribution in [0, 0.1) is 32.8 Å². The molecule has 0 aromatic heterocycles. The average Bonchev–Trinajstić information content (AvgIpc) is 2.80. The normalized spacial score (nSPS) is 11.0. The van der Waals surface area contributed by atoms with Crippen LogP contribution in [0.25, 0.3) is 0 Å². The summed E-state index contributed by atoms with van der Waals surface area (Å²) >= 11 is 0. The van der Waals surface area contributed by atoms with E-state index in [1.165, 1.54) is 12.1 Å². The number of nitro benzene ring substituents is 1. The molecule has 3 aromatic carbocycles. The number of nitriles is 2. The number of anilines is 1. The van der Waals surface area contributed by atoms with Crippen LogP contribution in [-0.2, 0) is 0 Å². The Kier molecular flexibility index (Phi) is 6.79. The molecule has 0 saturated heterocycles. The third-order valence-corrected chi connectivity index (χ3v) is 4.73. The van der Waals surface area contributed by atoms with Gasteiger partial charge in [0.05, 0.1) is 16.9 Å². The number of hydrogen-bond acceptors (Lipinski definition) is 6. The third kappa shape index (κ3) is 5.07. The van der Waals surface area contributed by atoms with Crippen molar-refractivity contribution >= 4 is 17.3 Å². The fourth-order valence-corrected chi connectivity index (χ4v) is 3.07. The molecule has 8 nitrogen and oxygen atoms in total. The molecule has 0 spiro atoms. The lowest BCUT2D eigenvalue weighted by molar-refractivity contribution is -0.384. The lowest BCUT2D eigenvalue weighted by Crippen LogP contribution is -2.12. The number of ether oxygens (including phenoxy) is 1. The highest BCUT2D eigenvalue weighted by molar-refractivity contribution is 6.04. The summed E-state index contributed by atoms with van der Waals surface area (Å²) in [6.45, 7) is 1.91. The standard InChI is InChI=1S/C24H18N4O4/c1-2-16(14-25)17-5-3-6-18(11-17)24(29)27-20-7-4-8-22(13-20)32-23-10-9-21(28(30)31)12-19(23)15-26/h3-13,16H,2H2,1H3,(H,27,29). The van der Waals surface area contributed by atoms with Gasteiger partial charge in [0.25, 0.3) is 11.6 Å². The fourth-order valence-electron chi connectivity index (χ4n) is 3.07. The molecule has 3 rings (SSSR count). The highest BCUT2D eigenvalue weighted by atomic mass is 16.6. The summed E-state index contributed by atoms with van der Waals surface area (Å²) in [5, 5.41) is 32.2. The minimum absolute atomic E-state index is 0.0217. The molecule has 0 bridgehead atoms. The van der Waals surface area contributed by atoms with Gasteiger partial charge in [-0.3, -0.25) is 14.9 Å². The van der Waals surface area contributed by atoms with E-state index in [0.717, 1.165) is 11.6 Å². The van der Waals surface area contributed by atoms with Gasteiger partial charge < -0.3 is 10.1 Å². The number of non-ortho nitro benzene ring substituents is 1. The molecule has 0 heterocycles. The molecule has 1 amide bonds. The van der Waals surface area contributed by atoms with Crippen molar-refractivity contribution in [3.63, 3.8) is 0 Å². The first-order valence-corrected chi connectivity index (χ1v) is 9.72. The molecule has 158 valence electrons. The number of hydrogen-bond donors (Lipinski definition) is 1. The third-order valence-electron chi connectivity index (χ3n) is 4.73. The van der Waals surface area contributed by atoms with Gasteiger partial charge in [-0.05, 0) is 42.3 Å². The van der Waals surface area contributed by atoms with Crippen LogP contribution in [0.4, 0.5) is 11.4 Å². The van der Waals surface area contributed by atoms with Gasteiger partial charge >= 0.3 is 0 Å². The predicted octanol–water partition coefficient (Wildman–Crippen LogP) is 5.53. The van der Waals surface area contributed by atoms with E-state index < -0.39 is 4.92 Å². The number of rotatable bonds is 7. The molecule has 0 saturated carbocycles. The Labute approximate surface area is 184 Å². The second-order valence-corrected chi connectivity index (χ2v) is 6.85. The topological polar surface area (TPSA) is 129 Å². The zero-order chi connectivity index (χ0) is 23.1. The van der Waals surface area contributed by atoms with Crippen LogP contribution in [-0.4, -0.2) is 10.8 Å². The number of nitrogens with zero attached hydrogens (tertiary/aromatic N) is 3. The Balaban J connectivity index is 1.78. The van der Waals surface area contributed by atoms with Crippen molar-refractivity contribution in [2.24, 2.45) is 0 Å². The van der Waals surface area contributed by atoms with Gasteiger partial charge in [-0.2, -0.15) is 10.5 Å². The largest absolute Gasteiger partial charge is 0.456 e. The quantitative estimate of drug-likeness (QED) is 0.391. The summed E-state index contributed by atoms with van der Waals surface area (Å²) in [5.41, 5.74) is 1.48.